The second-order valence-electron chi connectivity index (χ2n) is 7.36. The number of guanidine groups is 1. The van der Waals surface area contributed by atoms with E-state index in [1.54, 1.807) is 11.8 Å². The average molecular weight is 380 g/mol. The molecule has 0 spiro atoms. The molecule has 1 saturated heterocycles. The summed E-state index contributed by atoms with van der Waals surface area (Å²) in [5.41, 5.74) is 0.508. The summed E-state index contributed by atoms with van der Waals surface area (Å²) in [7, 11) is 0. The number of aliphatic imine (C=N–C) groups is 1. The van der Waals surface area contributed by atoms with Gasteiger partial charge in [0.15, 0.2) is 5.96 Å². The number of rotatable bonds is 8. The Hall–Kier alpha value is -1.40. The van der Waals surface area contributed by atoms with Crippen molar-refractivity contribution in [2.75, 3.05) is 31.2 Å². The van der Waals surface area contributed by atoms with E-state index < -0.39 is 5.60 Å². The molecule has 2 unspecified atom stereocenters. The molecule has 0 radical (unpaired) electrons. The third-order valence-corrected chi connectivity index (χ3v) is 5.51. The first-order valence-corrected chi connectivity index (χ1v) is 10.6. The van der Waals surface area contributed by atoms with E-state index in [1.165, 1.54) is 5.56 Å². The van der Waals surface area contributed by atoms with Crippen molar-refractivity contribution < 1.29 is 9.84 Å². The zero-order valence-electron chi connectivity index (χ0n) is 16.4. The van der Waals surface area contributed by atoms with Gasteiger partial charge in [-0.25, -0.2) is 0 Å². The Morgan fingerprint density at radius 2 is 2.04 bits per heavy atom. The van der Waals surface area contributed by atoms with E-state index >= 15 is 0 Å². The lowest BCUT2D eigenvalue weighted by Gasteiger charge is -2.22. The molecule has 1 aliphatic heterocycles. The molecule has 1 heterocycles. The minimum Gasteiger partial charge on any atom is -0.493 e. The molecule has 1 aromatic carbocycles. The Labute approximate surface area is 162 Å². The third-order valence-electron chi connectivity index (χ3n) is 4.27. The summed E-state index contributed by atoms with van der Waals surface area (Å²) in [5.74, 6) is 3.94. The lowest BCUT2D eigenvalue weighted by atomic mass is 10.0. The number of benzene rings is 1. The van der Waals surface area contributed by atoms with Gasteiger partial charge in [-0.1, -0.05) is 26.0 Å². The summed E-state index contributed by atoms with van der Waals surface area (Å²) in [6.45, 7) is 10.4. The van der Waals surface area contributed by atoms with Gasteiger partial charge in [0.1, 0.15) is 5.75 Å². The normalized spacial score (nSPS) is 21.7. The maximum atomic E-state index is 10.5. The highest BCUT2D eigenvalue weighted by Crippen LogP contribution is 2.28. The van der Waals surface area contributed by atoms with Crippen LogP contribution in [0, 0.1) is 5.92 Å². The van der Waals surface area contributed by atoms with Crippen LogP contribution in [0.3, 0.4) is 0 Å². The Morgan fingerprint density at radius 1 is 1.31 bits per heavy atom. The van der Waals surface area contributed by atoms with Crippen LogP contribution in [0.15, 0.2) is 29.3 Å². The van der Waals surface area contributed by atoms with Crippen LogP contribution in [-0.2, 0) is 0 Å². The number of nitrogens with zero attached hydrogens (tertiary/aromatic N) is 1. The second kappa shape index (κ2) is 10.1. The van der Waals surface area contributed by atoms with E-state index in [0.29, 0.717) is 12.5 Å². The molecule has 2 atom stereocenters. The molecule has 6 heteroatoms. The van der Waals surface area contributed by atoms with Crippen molar-refractivity contribution in [3.8, 4) is 5.75 Å². The molecule has 0 saturated carbocycles. The van der Waals surface area contributed by atoms with Gasteiger partial charge in [-0.3, -0.25) is 4.99 Å². The van der Waals surface area contributed by atoms with Gasteiger partial charge in [-0.05, 0) is 49.6 Å². The molecule has 3 N–H and O–H groups in total. The van der Waals surface area contributed by atoms with Crippen molar-refractivity contribution >= 4 is 17.7 Å². The highest BCUT2D eigenvalue weighted by molar-refractivity contribution is 7.99. The summed E-state index contributed by atoms with van der Waals surface area (Å²) in [5, 5.41) is 17.2. The maximum Gasteiger partial charge on any atom is 0.191 e. The van der Waals surface area contributed by atoms with Gasteiger partial charge in [0.05, 0.1) is 24.8 Å². The molecule has 1 fully saturated rings. The number of nitrogens with one attached hydrogen (secondary N) is 2. The van der Waals surface area contributed by atoms with Gasteiger partial charge < -0.3 is 20.5 Å². The molecule has 5 nitrogen and oxygen atoms in total. The van der Waals surface area contributed by atoms with E-state index in [2.05, 4.69) is 48.5 Å². The summed E-state index contributed by atoms with van der Waals surface area (Å²) in [6, 6.07) is 8.30. The van der Waals surface area contributed by atoms with Crippen LogP contribution in [-0.4, -0.2) is 47.9 Å². The Balaban J connectivity index is 1.94. The summed E-state index contributed by atoms with van der Waals surface area (Å²) in [4.78, 5) is 4.61. The molecule has 2 rings (SSSR count). The van der Waals surface area contributed by atoms with Crippen LogP contribution >= 0.6 is 11.8 Å². The van der Waals surface area contributed by atoms with Gasteiger partial charge in [0.25, 0.3) is 0 Å². The minimum atomic E-state index is -0.661. The molecule has 146 valence electrons. The predicted molar refractivity (Wildman–Crippen MR) is 111 cm³/mol. The van der Waals surface area contributed by atoms with Crippen LogP contribution in [0.1, 0.15) is 45.7 Å². The largest absolute Gasteiger partial charge is 0.493 e. The smallest absolute Gasteiger partial charge is 0.191 e. The van der Waals surface area contributed by atoms with Crippen molar-refractivity contribution in [2.45, 2.75) is 45.8 Å². The molecule has 0 aliphatic carbocycles. The fourth-order valence-corrected chi connectivity index (χ4v) is 3.96. The van der Waals surface area contributed by atoms with Crippen LogP contribution in [0.5, 0.6) is 5.75 Å². The summed E-state index contributed by atoms with van der Waals surface area (Å²) < 4.78 is 5.74. The van der Waals surface area contributed by atoms with E-state index in [4.69, 9.17) is 4.74 Å². The monoisotopic (exact) mass is 379 g/mol. The van der Waals surface area contributed by atoms with Gasteiger partial charge in [0, 0.05) is 12.3 Å². The van der Waals surface area contributed by atoms with Crippen molar-refractivity contribution in [2.24, 2.45) is 10.9 Å². The first-order valence-electron chi connectivity index (χ1n) is 9.49. The topological polar surface area (TPSA) is 65.9 Å². The van der Waals surface area contributed by atoms with Gasteiger partial charge in [0.2, 0.25) is 0 Å². The third kappa shape index (κ3) is 6.72. The molecule has 0 bridgehead atoms. The Morgan fingerprint density at radius 3 is 2.62 bits per heavy atom. The van der Waals surface area contributed by atoms with Crippen molar-refractivity contribution in [1.82, 2.24) is 10.6 Å². The predicted octanol–water partition coefficient (Wildman–Crippen LogP) is 3.21. The Bertz CT molecular complexity index is 569. The van der Waals surface area contributed by atoms with Crippen molar-refractivity contribution in [3.63, 3.8) is 0 Å². The quantitative estimate of drug-likeness (QED) is 0.478. The van der Waals surface area contributed by atoms with Crippen LogP contribution < -0.4 is 15.4 Å². The number of aliphatic hydroxyl groups is 1. The highest BCUT2D eigenvalue weighted by Gasteiger charge is 2.31. The van der Waals surface area contributed by atoms with E-state index in [1.807, 2.05) is 19.1 Å². The molecule has 1 aliphatic rings. The molecule has 1 aromatic rings. The van der Waals surface area contributed by atoms with Gasteiger partial charge in [-0.15, -0.1) is 0 Å². The van der Waals surface area contributed by atoms with E-state index in [9.17, 15) is 5.11 Å². The lowest BCUT2D eigenvalue weighted by molar-refractivity contribution is 0.0778. The Kier molecular flexibility index (Phi) is 8.10. The second-order valence-corrected chi connectivity index (χ2v) is 8.47. The zero-order valence-corrected chi connectivity index (χ0v) is 17.2. The number of hydrogen-bond donors (Lipinski definition) is 3. The lowest BCUT2D eigenvalue weighted by Crippen LogP contribution is -2.41. The molecule has 0 aromatic heterocycles. The number of hydrogen-bond acceptors (Lipinski definition) is 4. The molecule has 0 amide bonds. The highest BCUT2D eigenvalue weighted by atomic mass is 32.2. The fourth-order valence-electron chi connectivity index (χ4n) is 2.67. The van der Waals surface area contributed by atoms with E-state index in [-0.39, 0.29) is 6.04 Å². The summed E-state index contributed by atoms with van der Waals surface area (Å²) >= 11 is 1.79. The van der Waals surface area contributed by atoms with Crippen LogP contribution in [0.25, 0.3) is 0 Å². The maximum absolute atomic E-state index is 10.5. The number of ether oxygens (including phenoxy) is 1. The first-order chi connectivity index (χ1) is 12.4. The molecular formula is C20H33N3O2S. The van der Waals surface area contributed by atoms with Crippen molar-refractivity contribution in [1.29, 1.82) is 0 Å². The standard InChI is InChI=1S/C20H33N3O2S/c1-5-21-19(22-13-20(24)10-11-26-14-20)23-16(4)17-6-8-18(9-7-17)25-12-15(2)3/h6-9,15-16,24H,5,10-14H2,1-4H3,(H2,21,22,23). The number of thioether (sulfide) groups is 1. The SMILES string of the molecule is CCNC(=NCC1(O)CCSC1)NC(C)c1ccc(OCC(C)C)cc1. The average Bonchev–Trinajstić information content (AvgIpc) is 3.05. The van der Waals surface area contributed by atoms with Crippen LogP contribution in [0.4, 0.5) is 0 Å². The van der Waals surface area contributed by atoms with Crippen molar-refractivity contribution in [3.05, 3.63) is 29.8 Å². The van der Waals surface area contributed by atoms with Gasteiger partial charge >= 0.3 is 0 Å². The fraction of sp³-hybridized carbons (Fsp3) is 0.650. The zero-order chi connectivity index (χ0) is 19.0. The van der Waals surface area contributed by atoms with Crippen LogP contribution in [0.2, 0.25) is 0 Å². The minimum absolute atomic E-state index is 0.111. The first kappa shape index (κ1) is 20.9. The summed E-state index contributed by atoms with van der Waals surface area (Å²) in [6.07, 6.45) is 0.813. The van der Waals surface area contributed by atoms with Gasteiger partial charge in [-0.2, -0.15) is 11.8 Å². The molecule has 26 heavy (non-hydrogen) atoms. The van der Waals surface area contributed by atoms with E-state index in [0.717, 1.165) is 42.8 Å². The molecular weight excluding hydrogens is 346 g/mol.